The summed E-state index contributed by atoms with van der Waals surface area (Å²) < 4.78 is 5.25. The molecule has 1 N–H and O–H groups in total. The fraction of sp³-hybridized carbons (Fsp3) is 0.875. The normalized spacial score (nSPS) is 25.4. The van der Waals surface area contributed by atoms with Crippen molar-refractivity contribution >= 4 is 11.9 Å². The average molecular weight is 283 g/mol. The molecule has 1 fully saturated rings. The largest absolute Gasteiger partial charge is 0.444 e. The number of nitrogens with one attached hydrogen (secondary N) is 1. The van der Waals surface area contributed by atoms with Gasteiger partial charge in [-0.3, -0.25) is 4.79 Å². The molecular weight excluding hydrogens is 254 g/mol. The van der Waals surface area contributed by atoms with Gasteiger partial charge in [0.1, 0.15) is 11.4 Å². The van der Waals surface area contributed by atoms with E-state index in [0.717, 1.165) is 12.8 Å². The van der Waals surface area contributed by atoms with Gasteiger partial charge in [-0.1, -0.05) is 13.8 Å². The minimum atomic E-state index is -0.513. The number of rotatable bonds is 3. The van der Waals surface area contributed by atoms with Crippen LogP contribution in [0.2, 0.25) is 0 Å². The first-order chi connectivity index (χ1) is 9.10. The van der Waals surface area contributed by atoms with Crippen LogP contribution in [0.5, 0.6) is 0 Å². The highest BCUT2D eigenvalue weighted by Crippen LogP contribution is 2.33. The van der Waals surface area contributed by atoms with E-state index in [0.29, 0.717) is 18.3 Å². The Morgan fingerprint density at radius 1 is 1.30 bits per heavy atom. The summed E-state index contributed by atoms with van der Waals surface area (Å²) in [6, 6.07) is -0.168. The van der Waals surface area contributed by atoms with Crippen LogP contribution in [0.3, 0.4) is 0 Å². The number of hydrogen-bond acceptors (Lipinski definition) is 3. The van der Waals surface area contributed by atoms with Crippen molar-refractivity contribution < 1.29 is 14.3 Å². The molecule has 1 saturated carbocycles. The van der Waals surface area contributed by atoms with E-state index >= 15 is 0 Å². The second kappa shape index (κ2) is 6.59. The van der Waals surface area contributed by atoms with Crippen molar-refractivity contribution in [1.82, 2.24) is 5.32 Å². The molecule has 0 saturated heterocycles. The highest BCUT2D eigenvalue weighted by molar-refractivity contribution is 5.83. The summed E-state index contributed by atoms with van der Waals surface area (Å²) in [5.41, 5.74) is -0.513. The first-order valence-electron chi connectivity index (χ1n) is 7.62. The van der Waals surface area contributed by atoms with E-state index in [-0.39, 0.29) is 17.7 Å². The van der Waals surface area contributed by atoms with Gasteiger partial charge in [-0.25, -0.2) is 4.79 Å². The lowest BCUT2D eigenvalue weighted by Gasteiger charge is -2.34. The van der Waals surface area contributed by atoms with Gasteiger partial charge in [0.05, 0.1) is 0 Å². The van der Waals surface area contributed by atoms with Crippen LogP contribution < -0.4 is 5.32 Å². The third-order valence-electron chi connectivity index (χ3n) is 4.02. The molecule has 0 aromatic rings. The molecular formula is C16H29NO3. The summed E-state index contributed by atoms with van der Waals surface area (Å²) in [6.07, 6.45) is 2.04. The Hall–Kier alpha value is -1.06. The molecule has 0 aromatic carbocycles. The maximum atomic E-state index is 12.1. The number of carbonyl (C=O) groups is 2. The van der Waals surface area contributed by atoms with Crippen molar-refractivity contribution in [3.63, 3.8) is 0 Å². The minimum Gasteiger partial charge on any atom is -0.444 e. The Morgan fingerprint density at radius 3 is 2.40 bits per heavy atom. The second-order valence-electron chi connectivity index (χ2n) is 7.29. The quantitative estimate of drug-likeness (QED) is 0.862. The van der Waals surface area contributed by atoms with E-state index in [2.05, 4.69) is 19.2 Å². The third-order valence-corrected chi connectivity index (χ3v) is 4.02. The molecule has 3 unspecified atom stereocenters. The van der Waals surface area contributed by atoms with Gasteiger partial charge in [-0.2, -0.15) is 0 Å². The first-order valence-corrected chi connectivity index (χ1v) is 7.62. The molecule has 0 aromatic heterocycles. The zero-order valence-corrected chi connectivity index (χ0v) is 13.7. The molecule has 0 aliphatic heterocycles. The standard InChI is InChI=1S/C16H29NO3/c1-10(2)12-7-8-14(18)13(9-12)11(3)17-15(19)20-16(4,5)6/h10-13H,7-9H2,1-6H3,(H,17,19). The fourth-order valence-corrected chi connectivity index (χ4v) is 2.77. The third kappa shape index (κ3) is 5.14. The number of alkyl carbamates (subject to hydrolysis) is 1. The summed E-state index contributed by atoms with van der Waals surface area (Å²) in [5, 5.41) is 2.81. The predicted molar refractivity (Wildman–Crippen MR) is 79.5 cm³/mol. The van der Waals surface area contributed by atoms with Crippen molar-refractivity contribution in [2.24, 2.45) is 17.8 Å². The summed E-state index contributed by atoms with van der Waals surface area (Å²) in [4.78, 5) is 23.9. The maximum Gasteiger partial charge on any atom is 0.407 e. The Labute approximate surface area is 122 Å². The van der Waals surface area contributed by atoms with Crippen molar-refractivity contribution in [1.29, 1.82) is 0 Å². The van der Waals surface area contributed by atoms with Crippen molar-refractivity contribution in [3.05, 3.63) is 0 Å². The molecule has 1 aliphatic rings. The predicted octanol–water partition coefficient (Wildman–Crippen LogP) is 3.54. The maximum absolute atomic E-state index is 12.1. The SMILES string of the molecule is CC(C)C1CCC(=O)C(C(C)NC(=O)OC(C)(C)C)C1. The molecule has 0 spiro atoms. The molecule has 3 atom stereocenters. The molecule has 1 aliphatic carbocycles. The highest BCUT2D eigenvalue weighted by atomic mass is 16.6. The smallest absolute Gasteiger partial charge is 0.407 e. The van der Waals surface area contributed by atoms with Crippen molar-refractivity contribution in [3.8, 4) is 0 Å². The van der Waals surface area contributed by atoms with Gasteiger partial charge in [0.15, 0.2) is 0 Å². The Bertz CT molecular complexity index is 357. The van der Waals surface area contributed by atoms with Gasteiger partial charge in [-0.15, -0.1) is 0 Å². The van der Waals surface area contributed by atoms with E-state index in [4.69, 9.17) is 4.74 Å². The number of ketones is 1. The van der Waals surface area contributed by atoms with Crippen LogP contribution >= 0.6 is 0 Å². The van der Waals surface area contributed by atoms with Gasteiger partial charge in [0.2, 0.25) is 0 Å². The van der Waals surface area contributed by atoms with Crippen LogP contribution in [0.1, 0.15) is 60.8 Å². The summed E-state index contributed by atoms with van der Waals surface area (Å²) >= 11 is 0. The van der Waals surface area contributed by atoms with E-state index in [1.165, 1.54) is 0 Å². The van der Waals surface area contributed by atoms with Gasteiger partial charge < -0.3 is 10.1 Å². The van der Waals surface area contributed by atoms with E-state index in [1.807, 2.05) is 27.7 Å². The van der Waals surface area contributed by atoms with Gasteiger partial charge in [0.25, 0.3) is 0 Å². The van der Waals surface area contributed by atoms with Crippen LogP contribution in [0.25, 0.3) is 0 Å². The molecule has 1 rings (SSSR count). The summed E-state index contributed by atoms with van der Waals surface area (Å²) in [6.45, 7) is 11.8. The topological polar surface area (TPSA) is 55.4 Å². The number of Topliss-reactive ketones (excluding diaryl/α,β-unsaturated/α-hetero) is 1. The second-order valence-corrected chi connectivity index (χ2v) is 7.29. The molecule has 0 bridgehead atoms. The monoisotopic (exact) mass is 283 g/mol. The lowest BCUT2D eigenvalue weighted by Crippen LogP contribution is -2.45. The Kier molecular flexibility index (Phi) is 5.60. The van der Waals surface area contributed by atoms with E-state index in [9.17, 15) is 9.59 Å². The highest BCUT2D eigenvalue weighted by Gasteiger charge is 2.34. The van der Waals surface area contributed by atoms with E-state index in [1.54, 1.807) is 0 Å². The molecule has 4 nitrogen and oxygen atoms in total. The fourth-order valence-electron chi connectivity index (χ4n) is 2.77. The zero-order chi connectivity index (χ0) is 15.5. The molecule has 20 heavy (non-hydrogen) atoms. The number of carbonyl (C=O) groups excluding carboxylic acids is 2. The van der Waals surface area contributed by atoms with Crippen LogP contribution in [0.4, 0.5) is 4.79 Å². The molecule has 0 radical (unpaired) electrons. The number of amides is 1. The summed E-state index contributed by atoms with van der Waals surface area (Å²) in [7, 11) is 0. The Balaban J connectivity index is 2.58. The first kappa shape index (κ1) is 17.0. The van der Waals surface area contributed by atoms with Crippen LogP contribution in [0.15, 0.2) is 0 Å². The van der Waals surface area contributed by atoms with Crippen LogP contribution in [0, 0.1) is 17.8 Å². The zero-order valence-electron chi connectivity index (χ0n) is 13.7. The summed E-state index contributed by atoms with van der Waals surface area (Å²) in [5.74, 6) is 1.34. The molecule has 0 heterocycles. The van der Waals surface area contributed by atoms with Gasteiger partial charge in [-0.05, 0) is 52.4 Å². The average Bonchev–Trinajstić information content (AvgIpc) is 2.26. The Morgan fingerprint density at radius 2 is 1.90 bits per heavy atom. The molecule has 4 heteroatoms. The number of hydrogen-bond donors (Lipinski definition) is 1. The van der Waals surface area contributed by atoms with Crippen LogP contribution in [-0.2, 0) is 9.53 Å². The van der Waals surface area contributed by atoms with E-state index < -0.39 is 11.7 Å². The minimum absolute atomic E-state index is 0.0799. The molecule has 1 amide bonds. The number of ether oxygens (including phenoxy) is 1. The lowest BCUT2D eigenvalue weighted by molar-refractivity contribution is -0.126. The van der Waals surface area contributed by atoms with Crippen LogP contribution in [-0.4, -0.2) is 23.5 Å². The van der Waals surface area contributed by atoms with Crippen molar-refractivity contribution in [2.75, 3.05) is 0 Å². The van der Waals surface area contributed by atoms with Crippen molar-refractivity contribution in [2.45, 2.75) is 72.4 Å². The van der Waals surface area contributed by atoms with Gasteiger partial charge in [0, 0.05) is 18.4 Å². The lowest BCUT2D eigenvalue weighted by atomic mass is 9.73. The van der Waals surface area contributed by atoms with Gasteiger partial charge >= 0.3 is 6.09 Å². The molecule has 116 valence electrons.